The Hall–Kier alpha value is 0.760. The van der Waals surface area contributed by atoms with Crippen LogP contribution < -0.4 is 0 Å². The van der Waals surface area contributed by atoms with E-state index in [0.29, 0.717) is 0 Å². The van der Waals surface area contributed by atoms with E-state index in [1.807, 2.05) is 0 Å². The number of carbonyl (C=O) groups is 1. The first-order valence-electron chi connectivity index (χ1n) is 1.74. The third-order valence-corrected chi connectivity index (χ3v) is 3.60. The average Bonchev–Trinajstić information content (AvgIpc) is 1.65. The molecule has 0 aliphatic heterocycles. The van der Waals surface area contributed by atoms with E-state index < -0.39 is 5.10 Å². The molecule has 0 fully saturated rings. The summed E-state index contributed by atoms with van der Waals surface area (Å²) in [5.74, 6) is 0. The monoisotopic (exact) mass is 184 g/mol. The minimum Gasteiger partial charge on any atom is -0.282 e. The summed E-state index contributed by atoms with van der Waals surface area (Å²) in [5.41, 5.74) is 0. The first-order valence-corrected chi connectivity index (χ1v) is 7.20. The minimum absolute atomic E-state index is 0.0797. The van der Waals surface area contributed by atoms with Gasteiger partial charge in [-0.25, -0.2) is 0 Å². The standard InChI is InChI=1S/C3H5OPS3/c1-2-3(4)8-5(6)7/h2,5H,1H2,(H,6,7). The number of hydrogen-bond acceptors (Lipinski definition) is 3. The molecule has 0 aromatic rings. The number of hydrogen-bond donors (Lipinski definition) is 1. The highest BCUT2D eigenvalue weighted by atomic mass is 33.2. The molecule has 46 valence electrons. The van der Waals surface area contributed by atoms with Crippen LogP contribution in [0.4, 0.5) is 0 Å². The highest BCUT2D eigenvalue weighted by Crippen LogP contribution is 2.42. The summed E-state index contributed by atoms with van der Waals surface area (Å²) in [7, 11) is 0. The Morgan fingerprint density at radius 1 is 2.00 bits per heavy atom. The molecule has 0 N–H and O–H groups in total. The van der Waals surface area contributed by atoms with Gasteiger partial charge in [-0.05, 0) is 17.5 Å². The second-order valence-electron chi connectivity index (χ2n) is 0.891. The maximum absolute atomic E-state index is 10.4. The lowest BCUT2D eigenvalue weighted by atomic mass is 10.7. The van der Waals surface area contributed by atoms with Gasteiger partial charge in [-0.2, -0.15) is 0 Å². The molecule has 8 heavy (non-hydrogen) atoms. The summed E-state index contributed by atoms with van der Waals surface area (Å²) >= 11 is 9.66. The third kappa shape index (κ3) is 4.91. The molecule has 0 rings (SSSR count). The molecule has 1 nitrogen and oxygen atoms in total. The number of carbonyl (C=O) groups excluding carboxylic acids is 1. The second-order valence-corrected chi connectivity index (χ2v) is 9.02. The molecule has 1 unspecified atom stereocenters. The second kappa shape index (κ2) is 4.62. The topological polar surface area (TPSA) is 17.1 Å². The van der Waals surface area contributed by atoms with Gasteiger partial charge in [-0.1, -0.05) is 18.4 Å². The lowest BCUT2D eigenvalue weighted by Crippen LogP contribution is -1.74. The van der Waals surface area contributed by atoms with Gasteiger partial charge in [0, 0.05) is 0 Å². The van der Waals surface area contributed by atoms with Crippen molar-refractivity contribution in [2.45, 2.75) is 0 Å². The van der Waals surface area contributed by atoms with E-state index >= 15 is 0 Å². The Morgan fingerprint density at radius 2 is 2.50 bits per heavy atom. The van der Waals surface area contributed by atoms with E-state index in [1.54, 1.807) is 0 Å². The van der Waals surface area contributed by atoms with Gasteiger partial charge in [-0.15, -0.1) is 12.2 Å². The van der Waals surface area contributed by atoms with E-state index in [1.165, 1.54) is 6.08 Å². The smallest absolute Gasteiger partial charge is 0.216 e. The summed E-state index contributed by atoms with van der Waals surface area (Å²) in [6.45, 7) is 3.28. The van der Waals surface area contributed by atoms with Gasteiger partial charge in [0.2, 0.25) is 5.12 Å². The summed E-state index contributed by atoms with van der Waals surface area (Å²) < 4.78 is 0. The zero-order valence-corrected chi connectivity index (χ0v) is 7.48. The first kappa shape index (κ1) is 8.76. The van der Waals surface area contributed by atoms with Crippen molar-refractivity contribution in [3.63, 3.8) is 0 Å². The van der Waals surface area contributed by atoms with Crippen molar-refractivity contribution in [1.29, 1.82) is 0 Å². The molecule has 0 aromatic heterocycles. The lowest BCUT2D eigenvalue weighted by molar-refractivity contribution is -0.106. The summed E-state index contributed by atoms with van der Waals surface area (Å²) in [6.07, 6.45) is 1.25. The predicted octanol–water partition coefficient (Wildman–Crippen LogP) is 1.87. The molecule has 1 atom stereocenters. The maximum atomic E-state index is 10.4. The highest BCUT2D eigenvalue weighted by Gasteiger charge is 1.94. The largest absolute Gasteiger partial charge is 0.282 e. The Labute approximate surface area is 63.3 Å². The molecule has 0 heterocycles. The number of rotatable bonds is 2. The van der Waals surface area contributed by atoms with Crippen LogP contribution in [0.1, 0.15) is 0 Å². The zero-order chi connectivity index (χ0) is 6.57. The first-order chi connectivity index (χ1) is 3.66. The average molecular weight is 184 g/mol. The predicted molar refractivity (Wildman–Crippen MR) is 47.5 cm³/mol. The SMILES string of the molecule is C=CC(=O)S[PH](=S)S. The molecular formula is C3H5OPS3. The Kier molecular flexibility index (Phi) is 5.06. The fourth-order valence-corrected chi connectivity index (χ4v) is 2.70. The van der Waals surface area contributed by atoms with E-state index in [2.05, 4.69) is 30.6 Å². The molecular weight excluding hydrogens is 179 g/mol. The molecule has 0 spiro atoms. The quantitative estimate of drug-likeness (QED) is 0.401. The van der Waals surface area contributed by atoms with Crippen LogP contribution >= 0.6 is 28.7 Å². The summed E-state index contributed by atoms with van der Waals surface area (Å²) in [4.78, 5) is 10.4. The zero-order valence-electron chi connectivity index (χ0n) is 3.96. The van der Waals surface area contributed by atoms with Gasteiger partial charge >= 0.3 is 0 Å². The van der Waals surface area contributed by atoms with Crippen LogP contribution in [-0.2, 0) is 16.6 Å². The van der Waals surface area contributed by atoms with Gasteiger partial charge < -0.3 is 0 Å². The molecule has 0 saturated carbocycles. The summed E-state index contributed by atoms with van der Waals surface area (Å²) in [5, 5.41) is -1.25. The van der Waals surface area contributed by atoms with Crippen LogP contribution in [0.3, 0.4) is 0 Å². The van der Waals surface area contributed by atoms with Crippen LogP contribution in [0.15, 0.2) is 12.7 Å². The van der Waals surface area contributed by atoms with Crippen LogP contribution in [0.5, 0.6) is 0 Å². The summed E-state index contributed by atoms with van der Waals surface area (Å²) in [6, 6.07) is 0. The van der Waals surface area contributed by atoms with Gasteiger partial charge in [0.15, 0.2) is 0 Å². The molecule has 0 aliphatic carbocycles. The van der Waals surface area contributed by atoms with Crippen LogP contribution in [0, 0.1) is 0 Å². The van der Waals surface area contributed by atoms with Crippen LogP contribution in [0.2, 0.25) is 0 Å². The van der Waals surface area contributed by atoms with Crippen molar-refractivity contribution in [2.24, 2.45) is 0 Å². The van der Waals surface area contributed by atoms with Gasteiger partial charge in [0.25, 0.3) is 0 Å². The van der Waals surface area contributed by atoms with Crippen LogP contribution in [0.25, 0.3) is 0 Å². The molecule has 0 aromatic carbocycles. The van der Waals surface area contributed by atoms with Gasteiger partial charge in [0.1, 0.15) is 0 Å². The molecule has 0 aliphatic rings. The van der Waals surface area contributed by atoms with Crippen molar-refractivity contribution in [3.8, 4) is 0 Å². The third-order valence-electron chi connectivity index (χ3n) is 0.355. The van der Waals surface area contributed by atoms with E-state index in [9.17, 15) is 4.79 Å². The molecule has 0 amide bonds. The van der Waals surface area contributed by atoms with E-state index in [0.717, 1.165) is 11.4 Å². The molecule has 0 saturated heterocycles. The van der Waals surface area contributed by atoms with Crippen molar-refractivity contribution >= 4 is 45.7 Å². The Morgan fingerprint density at radius 3 is 2.62 bits per heavy atom. The van der Waals surface area contributed by atoms with Crippen molar-refractivity contribution < 1.29 is 4.79 Å². The van der Waals surface area contributed by atoms with Crippen molar-refractivity contribution in [1.82, 2.24) is 0 Å². The van der Waals surface area contributed by atoms with E-state index in [4.69, 9.17) is 0 Å². The van der Waals surface area contributed by atoms with Crippen molar-refractivity contribution in [3.05, 3.63) is 12.7 Å². The maximum Gasteiger partial charge on any atom is 0.216 e. The Balaban J connectivity index is 3.55. The van der Waals surface area contributed by atoms with Gasteiger partial charge in [0.05, 0.1) is 5.10 Å². The normalized spacial score (nSPS) is 12.6. The molecule has 5 heteroatoms. The van der Waals surface area contributed by atoms with Crippen LogP contribution in [-0.4, -0.2) is 5.12 Å². The van der Waals surface area contributed by atoms with Gasteiger partial charge in [-0.3, -0.25) is 4.79 Å². The van der Waals surface area contributed by atoms with Crippen molar-refractivity contribution in [2.75, 3.05) is 0 Å². The molecule has 0 radical (unpaired) electrons. The fraction of sp³-hybridized carbons (Fsp3) is 0. The fourth-order valence-electron chi connectivity index (χ4n) is 0.128. The lowest BCUT2D eigenvalue weighted by Gasteiger charge is -1.87. The van der Waals surface area contributed by atoms with E-state index in [-0.39, 0.29) is 5.12 Å². The highest BCUT2D eigenvalue weighted by molar-refractivity contribution is 8.93. The molecule has 0 bridgehead atoms. The number of thiol groups is 1. The minimum atomic E-state index is -1.17. The Bertz CT molecular complexity index is 132.